The molecular formula is C9H11S2. The van der Waals surface area contributed by atoms with Gasteiger partial charge in [-0.05, 0) is 11.3 Å². The maximum Gasteiger partial charge on any atom is 0.0855 e. The van der Waals surface area contributed by atoms with Crippen molar-refractivity contribution >= 4 is 24.4 Å². The zero-order valence-electron chi connectivity index (χ0n) is 6.49. The van der Waals surface area contributed by atoms with Crippen molar-refractivity contribution in [2.24, 2.45) is 0 Å². The largest absolute Gasteiger partial charge is 0.142 e. The van der Waals surface area contributed by atoms with E-state index in [0.717, 1.165) is 5.75 Å². The molecule has 59 valence electrons. The molecule has 0 N–H and O–H groups in total. The van der Waals surface area contributed by atoms with Crippen molar-refractivity contribution in [2.45, 2.75) is 11.5 Å². The second-order valence-corrected chi connectivity index (χ2v) is 4.35. The number of hydrogen-bond acceptors (Lipinski definition) is 1. The Morgan fingerprint density at radius 3 is 2.55 bits per heavy atom. The number of hydrogen-bond donors (Lipinski definition) is 0. The average molecular weight is 183 g/mol. The van der Waals surface area contributed by atoms with Crippen LogP contribution in [0.4, 0.5) is 0 Å². The van der Waals surface area contributed by atoms with Crippen LogP contribution in [-0.4, -0.2) is 5.75 Å². The lowest BCUT2D eigenvalue weighted by atomic mass is 10.2. The van der Waals surface area contributed by atoms with Gasteiger partial charge >= 0.3 is 0 Å². The van der Waals surface area contributed by atoms with Gasteiger partial charge in [0.15, 0.2) is 0 Å². The van der Waals surface area contributed by atoms with Crippen molar-refractivity contribution in [2.75, 3.05) is 5.75 Å². The molecule has 0 aliphatic heterocycles. The normalized spacial score (nSPS) is 12.9. The van der Waals surface area contributed by atoms with Crippen LogP contribution in [0.3, 0.4) is 0 Å². The minimum Gasteiger partial charge on any atom is -0.142 e. The summed E-state index contributed by atoms with van der Waals surface area (Å²) in [6, 6.07) is 10.2. The highest BCUT2D eigenvalue weighted by Gasteiger charge is 2.03. The predicted octanol–water partition coefficient (Wildman–Crippen LogP) is 3.64. The Kier molecular flexibility index (Phi) is 3.87. The van der Waals surface area contributed by atoms with E-state index in [0.29, 0.717) is 0 Å². The predicted molar refractivity (Wildman–Crippen MR) is 54.9 cm³/mol. The van der Waals surface area contributed by atoms with Crippen LogP contribution in [0.15, 0.2) is 30.3 Å². The minimum absolute atomic E-state index is 0.223. The Morgan fingerprint density at radius 1 is 1.36 bits per heavy atom. The molecule has 1 radical (unpaired) electrons. The van der Waals surface area contributed by atoms with Crippen molar-refractivity contribution in [1.82, 2.24) is 0 Å². The van der Waals surface area contributed by atoms with E-state index >= 15 is 0 Å². The van der Waals surface area contributed by atoms with Crippen LogP contribution in [0.1, 0.15) is 17.1 Å². The van der Waals surface area contributed by atoms with E-state index in [1.807, 2.05) is 18.2 Å². The van der Waals surface area contributed by atoms with E-state index in [-0.39, 0.29) is 4.58 Å². The summed E-state index contributed by atoms with van der Waals surface area (Å²) in [5.74, 6) is 1.09. The molecule has 1 rings (SSSR count). The van der Waals surface area contributed by atoms with Gasteiger partial charge in [0.2, 0.25) is 0 Å². The number of rotatable bonds is 3. The second-order valence-electron chi connectivity index (χ2n) is 2.20. The summed E-state index contributed by atoms with van der Waals surface area (Å²) in [6.07, 6.45) is 0. The molecule has 0 heterocycles. The molecule has 0 aliphatic carbocycles. The first-order chi connectivity index (χ1) is 5.34. The topological polar surface area (TPSA) is 0 Å². The van der Waals surface area contributed by atoms with Gasteiger partial charge in [-0.25, -0.2) is 0 Å². The summed E-state index contributed by atoms with van der Waals surface area (Å²) in [5, 5.41) is 0. The van der Waals surface area contributed by atoms with Gasteiger partial charge < -0.3 is 0 Å². The summed E-state index contributed by atoms with van der Waals surface area (Å²) in [4.78, 5) is 0. The molecular weight excluding hydrogens is 172 g/mol. The zero-order valence-corrected chi connectivity index (χ0v) is 8.12. The molecule has 0 nitrogen and oxygen atoms in total. The lowest BCUT2D eigenvalue weighted by Gasteiger charge is -2.06. The Morgan fingerprint density at radius 2 is 2.00 bits per heavy atom. The third kappa shape index (κ3) is 2.80. The molecule has 1 unspecified atom stereocenters. The summed E-state index contributed by atoms with van der Waals surface area (Å²) >= 11 is 7.07. The maximum atomic E-state index is 5.27. The molecule has 0 spiro atoms. The first-order valence-corrected chi connectivity index (χ1v) is 5.19. The maximum absolute atomic E-state index is 5.27. The molecule has 1 aromatic rings. The van der Waals surface area contributed by atoms with E-state index in [1.54, 1.807) is 11.8 Å². The molecule has 0 aromatic heterocycles. The third-order valence-corrected chi connectivity index (χ3v) is 2.98. The SMILES string of the molecule is CCSC([S])c1ccccc1. The van der Waals surface area contributed by atoms with Crippen LogP contribution >= 0.6 is 24.4 Å². The third-order valence-electron chi connectivity index (χ3n) is 1.39. The Balaban J connectivity index is 2.61. The fourth-order valence-electron chi connectivity index (χ4n) is 0.858. The van der Waals surface area contributed by atoms with Gasteiger partial charge in [0, 0.05) is 0 Å². The van der Waals surface area contributed by atoms with Gasteiger partial charge in [0.25, 0.3) is 0 Å². The summed E-state index contributed by atoms with van der Waals surface area (Å²) in [6.45, 7) is 2.13. The molecule has 0 saturated heterocycles. The molecule has 0 saturated carbocycles. The Labute approximate surface area is 77.8 Å². The summed E-state index contributed by atoms with van der Waals surface area (Å²) in [5.41, 5.74) is 1.24. The van der Waals surface area contributed by atoms with Crippen LogP contribution < -0.4 is 0 Å². The van der Waals surface area contributed by atoms with Gasteiger partial charge in [0.05, 0.1) is 4.58 Å². The van der Waals surface area contributed by atoms with Crippen LogP contribution in [0.2, 0.25) is 0 Å². The lowest BCUT2D eigenvalue weighted by Crippen LogP contribution is -1.84. The van der Waals surface area contributed by atoms with Gasteiger partial charge in [-0.1, -0.05) is 49.9 Å². The van der Waals surface area contributed by atoms with Crippen LogP contribution in [-0.2, 0) is 0 Å². The summed E-state index contributed by atoms with van der Waals surface area (Å²) in [7, 11) is 0. The van der Waals surface area contributed by atoms with Gasteiger partial charge in [-0.3, -0.25) is 0 Å². The molecule has 2 heteroatoms. The van der Waals surface area contributed by atoms with Crippen LogP contribution in [0.25, 0.3) is 0 Å². The van der Waals surface area contributed by atoms with Crippen molar-refractivity contribution in [3.05, 3.63) is 35.9 Å². The van der Waals surface area contributed by atoms with E-state index in [4.69, 9.17) is 12.6 Å². The fourth-order valence-corrected chi connectivity index (χ4v) is 2.08. The number of benzene rings is 1. The molecule has 0 fully saturated rings. The van der Waals surface area contributed by atoms with Gasteiger partial charge in [0.1, 0.15) is 0 Å². The molecule has 0 aliphatic rings. The monoisotopic (exact) mass is 183 g/mol. The standard InChI is InChI=1S/C9H11S2/c1-2-11-9(10)8-6-4-3-5-7-8/h3-7,9H,2H2,1H3. The van der Waals surface area contributed by atoms with Crippen LogP contribution in [0.5, 0.6) is 0 Å². The highest BCUT2D eigenvalue weighted by atomic mass is 32.2. The first-order valence-electron chi connectivity index (χ1n) is 3.67. The molecule has 1 aromatic carbocycles. The van der Waals surface area contributed by atoms with E-state index in [2.05, 4.69) is 19.1 Å². The zero-order chi connectivity index (χ0) is 8.10. The van der Waals surface area contributed by atoms with Crippen molar-refractivity contribution in [3.63, 3.8) is 0 Å². The first kappa shape index (κ1) is 9.01. The smallest absolute Gasteiger partial charge is 0.0855 e. The van der Waals surface area contributed by atoms with E-state index < -0.39 is 0 Å². The minimum atomic E-state index is 0.223. The van der Waals surface area contributed by atoms with Crippen molar-refractivity contribution in [1.29, 1.82) is 0 Å². The fraction of sp³-hybridized carbons (Fsp3) is 0.333. The van der Waals surface area contributed by atoms with E-state index in [1.165, 1.54) is 5.56 Å². The Hall–Kier alpha value is -0.0800. The van der Waals surface area contributed by atoms with Crippen molar-refractivity contribution in [3.8, 4) is 0 Å². The summed E-state index contributed by atoms with van der Waals surface area (Å²) < 4.78 is 0.223. The molecule has 11 heavy (non-hydrogen) atoms. The van der Waals surface area contributed by atoms with Gasteiger partial charge in [-0.2, -0.15) is 0 Å². The number of thioether (sulfide) groups is 1. The molecule has 0 amide bonds. The molecule has 1 atom stereocenters. The Bertz CT molecular complexity index is 196. The van der Waals surface area contributed by atoms with Crippen LogP contribution in [0, 0.1) is 0 Å². The lowest BCUT2D eigenvalue weighted by molar-refractivity contribution is 1.37. The highest BCUT2D eigenvalue weighted by Crippen LogP contribution is 2.31. The van der Waals surface area contributed by atoms with Crippen molar-refractivity contribution < 1.29 is 0 Å². The van der Waals surface area contributed by atoms with Gasteiger partial charge in [-0.15, -0.1) is 11.8 Å². The molecule has 0 bridgehead atoms. The second kappa shape index (κ2) is 4.73. The average Bonchev–Trinajstić information content (AvgIpc) is 2.07. The highest BCUT2D eigenvalue weighted by molar-refractivity contribution is 8.09. The quantitative estimate of drug-likeness (QED) is 0.689. The van der Waals surface area contributed by atoms with E-state index in [9.17, 15) is 0 Å².